The van der Waals surface area contributed by atoms with Crippen LogP contribution >= 0.6 is 0 Å². The first-order valence-corrected chi connectivity index (χ1v) is 12.8. The van der Waals surface area contributed by atoms with Crippen LogP contribution in [0.15, 0.2) is 114 Å². The summed E-state index contributed by atoms with van der Waals surface area (Å²) in [5.41, 5.74) is 15.0. The van der Waals surface area contributed by atoms with Crippen molar-refractivity contribution >= 4 is 51.2 Å². The largest absolute Gasteiger partial charge is 2.00 e. The zero-order valence-corrected chi connectivity index (χ0v) is 27.0. The minimum absolute atomic E-state index is 0. The van der Waals surface area contributed by atoms with Crippen LogP contribution < -0.4 is 0 Å². The first-order valence-electron chi connectivity index (χ1n) is 12.8. The minimum atomic E-state index is -0.0379. The van der Waals surface area contributed by atoms with Gasteiger partial charge in [-0.15, -0.1) is 36.4 Å². The van der Waals surface area contributed by atoms with Gasteiger partial charge in [0.05, 0.1) is 0 Å². The van der Waals surface area contributed by atoms with Crippen LogP contribution in [0, 0.1) is 6.07 Å². The predicted octanol–water partition coefficient (Wildman–Crippen LogP) is 10.5. The normalized spacial score (nSPS) is 13.4. The van der Waals surface area contributed by atoms with Crippen LogP contribution in [0.3, 0.4) is 0 Å². The Hall–Kier alpha value is -1.91. The van der Waals surface area contributed by atoms with Gasteiger partial charge in [-0.05, 0) is 66.5 Å². The van der Waals surface area contributed by atoms with Crippen molar-refractivity contribution in [1.29, 1.82) is 0 Å². The van der Waals surface area contributed by atoms with Crippen molar-refractivity contribution in [3.63, 3.8) is 0 Å². The molecule has 0 spiro atoms. The molecule has 1 aliphatic rings. The second kappa shape index (κ2) is 20.1. The molecule has 0 bridgehead atoms. The van der Waals surface area contributed by atoms with Gasteiger partial charge in [0.2, 0.25) is 0 Å². The third-order valence-corrected chi connectivity index (χ3v) is 5.72. The maximum absolute atomic E-state index is 13.1. The average molecular weight is 571 g/mol. The zero-order chi connectivity index (χ0) is 26.9. The van der Waals surface area contributed by atoms with E-state index < -0.39 is 0 Å². The van der Waals surface area contributed by atoms with Gasteiger partial charge in [0.1, 0.15) is 5.83 Å². The van der Waals surface area contributed by atoms with Gasteiger partial charge in [-0.2, -0.15) is 5.56 Å². The number of nitrogens with one attached hydrogen (secondary N) is 1. The first kappa shape index (κ1) is 35.1. The summed E-state index contributed by atoms with van der Waals surface area (Å²) in [5, 5.41) is 0. The predicted molar refractivity (Wildman–Crippen MR) is 163 cm³/mol. The molecule has 192 valence electrons. The van der Waals surface area contributed by atoms with Crippen LogP contribution in [0.4, 0.5) is 4.39 Å². The van der Waals surface area contributed by atoms with Gasteiger partial charge in [0, 0.05) is 6.42 Å². The molecule has 3 rings (SSSR count). The molecule has 0 aliphatic heterocycles. The van der Waals surface area contributed by atoms with E-state index in [2.05, 4.69) is 63.8 Å². The molecule has 0 amide bonds. The molecule has 1 N–H and O–H groups in total. The summed E-state index contributed by atoms with van der Waals surface area (Å²) in [6.45, 7) is 16.7. The first-order chi connectivity index (χ1) is 17.3. The Morgan fingerprint density at radius 1 is 1.08 bits per heavy atom. The van der Waals surface area contributed by atoms with Crippen LogP contribution in [-0.4, -0.2) is 45.5 Å². The summed E-state index contributed by atoms with van der Waals surface area (Å²) in [4.78, 5) is 0. The van der Waals surface area contributed by atoms with E-state index in [1.165, 1.54) is 16.7 Å². The van der Waals surface area contributed by atoms with Crippen LogP contribution in [0.1, 0.15) is 77.0 Å². The molecule has 0 heterocycles. The Kier molecular flexibility index (Phi) is 19.1. The van der Waals surface area contributed by atoms with Gasteiger partial charge >= 0.3 is 45.5 Å². The summed E-state index contributed by atoms with van der Waals surface area (Å²) in [6, 6.07) is 19.1. The number of rotatable bonds is 7. The Bertz CT molecular complexity index is 1100. The van der Waals surface area contributed by atoms with Gasteiger partial charge in [0.25, 0.3) is 0 Å². The molecule has 0 radical (unpaired) electrons. The second-order valence-electron chi connectivity index (χ2n) is 8.61. The summed E-state index contributed by atoms with van der Waals surface area (Å²) < 4.78 is 13.1. The molecule has 3 heteroatoms. The topological polar surface area (TPSA) is 23.8 Å². The van der Waals surface area contributed by atoms with Crippen molar-refractivity contribution in [3.05, 3.63) is 143 Å². The van der Waals surface area contributed by atoms with Gasteiger partial charge in [0.15, 0.2) is 0 Å². The number of hydrogen-bond acceptors (Lipinski definition) is 0. The quantitative estimate of drug-likeness (QED) is 0.179. The van der Waals surface area contributed by atoms with Crippen molar-refractivity contribution in [3.8, 4) is 0 Å². The Morgan fingerprint density at radius 2 is 1.76 bits per heavy atom. The molecule has 0 saturated carbocycles. The molecule has 0 unspecified atom stereocenters. The van der Waals surface area contributed by atoms with Gasteiger partial charge < -0.3 is 5.73 Å². The Morgan fingerprint density at radius 3 is 2.32 bits per heavy atom. The van der Waals surface area contributed by atoms with E-state index in [0.29, 0.717) is 18.0 Å². The molecule has 0 atom stereocenters. The standard InChI is InChI=1S/C21H25F.C11H11N.C2H6.Sr/c1-15(2)21-8-6-5-7-19(21)10-9-16(3)17(4)18-11-13-20(22)14-12-18;1-2-3-9-11(12)10-7-5-4-6-8-10;1-2;/h5-9,11,13,15H,4,10,12,14H2,1-3H3;2-7,9,12H,1H3;1-2H3;/q;-2;;+2/b16-9-;3-2-,11-9-;;. The molecular formula is C34H42FNSr. The third-order valence-electron chi connectivity index (χ3n) is 5.72. The number of benzene rings is 2. The van der Waals surface area contributed by atoms with Crippen molar-refractivity contribution in [1.82, 2.24) is 0 Å². The Balaban J connectivity index is 0.000000735. The molecule has 1 nitrogen and oxygen atoms in total. The van der Waals surface area contributed by atoms with Crippen LogP contribution in [-0.2, 0) is 6.42 Å². The number of halogens is 1. The van der Waals surface area contributed by atoms with E-state index in [-0.39, 0.29) is 51.3 Å². The van der Waals surface area contributed by atoms with Gasteiger partial charge in [-0.3, -0.25) is 0 Å². The van der Waals surface area contributed by atoms with E-state index in [1.54, 1.807) is 12.2 Å². The van der Waals surface area contributed by atoms with E-state index in [1.807, 2.05) is 63.3 Å². The smallest absolute Gasteiger partial charge is 0.742 e. The summed E-state index contributed by atoms with van der Waals surface area (Å²) in [6.07, 6.45) is 13.3. The van der Waals surface area contributed by atoms with Gasteiger partial charge in [-0.1, -0.05) is 82.8 Å². The monoisotopic (exact) mass is 571 g/mol. The number of hydrogen-bond donors (Lipinski definition) is 0. The average Bonchev–Trinajstić information content (AvgIpc) is 2.92. The molecular weight excluding hydrogens is 529 g/mol. The van der Waals surface area contributed by atoms with Crippen molar-refractivity contribution in [2.75, 3.05) is 0 Å². The van der Waals surface area contributed by atoms with Crippen molar-refractivity contribution in [2.24, 2.45) is 0 Å². The minimum Gasteiger partial charge on any atom is -0.742 e. The van der Waals surface area contributed by atoms with Crippen LogP contribution in [0.5, 0.6) is 0 Å². The van der Waals surface area contributed by atoms with E-state index >= 15 is 0 Å². The summed E-state index contributed by atoms with van der Waals surface area (Å²) in [7, 11) is 0. The maximum atomic E-state index is 13.1. The van der Waals surface area contributed by atoms with E-state index in [4.69, 9.17) is 5.73 Å². The molecule has 2 aromatic rings. The third kappa shape index (κ3) is 12.9. The van der Waals surface area contributed by atoms with Gasteiger partial charge in [-0.25, -0.2) is 10.1 Å². The van der Waals surface area contributed by atoms with E-state index in [9.17, 15) is 4.39 Å². The fraction of sp³-hybridized carbons (Fsp3) is 0.294. The second-order valence-corrected chi connectivity index (χ2v) is 8.61. The zero-order valence-electron chi connectivity index (χ0n) is 23.6. The molecule has 0 fully saturated rings. The maximum Gasteiger partial charge on any atom is 2.00 e. The molecule has 2 aromatic carbocycles. The summed E-state index contributed by atoms with van der Waals surface area (Å²) >= 11 is 0. The van der Waals surface area contributed by atoms with Crippen molar-refractivity contribution < 1.29 is 4.39 Å². The Labute approximate surface area is 262 Å². The molecule has 37 heavy (non-hydrogen) atoms. The van der Waals surface area contributed by atoms with Crippen LogP contribution in [0.25, 0.3) is 11.4 Å². The van der Waals surface area contributed by atoms with Crippen LogP contribution in [0.2, 0.25) is 0 Å². The summed E-state index contributed by atoms with van der Waals surface area (Å²) in [5.74, 6) is 0.492. The van der Waals surface area contributed by atoms with Crippen molar-refractivity contribution in [2.45, 2.75) is 66.7 Å². The fourth-order valence-electron chi connectivity index (χ4n) is 3.63. The molecule has 1 aliphatic carbocycles. The SMILES string of the molecule is C/C=C\C=C(/[NH-])c1[c-]cccc1.C=C(C1=CC=C(F)CC1)/C(C)=C\Cc1ccccc1C(C)C.CC.[Sr+2]. The van der Waals surface area contributed by atoms with E-state index in [0.717, 1.165) is 29.6 Å². The molecule has 0 aromatic heterocycles. The fourth-order valence-corrected chi connectivity index (χ4v) is 3.63. The molecule has 0 saturated heterocycles. The number of allylic oxidation sites excluding steroid dienone is 10.